The van der Waals surface area contributed by atoms with Gasteiger partial charge in [0.1, 0.15) is 5.78 Å². The van der Waals surface area contributed by atoms with Crippen LogP contribution in [0.25, 0.3) is 10.8 Å². The molecule has 0 fully saturated rings. The van der Waals surface area contributed by atoms with Gasteiger partial charge in [0, 0.05) is 11.5 Å². The van der Waals surface area contributed by atoms with E-state index in [9.17, 15) is 9.59 Å². The number of allylic oxidation sites excluding steroid dienone is 1. The lowest BCUT2D eigenvalue weighted by Crippen LogP contribution is -2.28. The van der Waals surface area contributed by atoms with Gasteiger partial charge in [0.25, 0.3) is 0 Å². The maximum atomic E-state index is 13.3. The van der Waals surface area contributed by atoms with Crippen LogP contribution in [0, 0.1) is 5.92 Å². The van der Waals surface area contributed by atoms with Gasteiger partial charge in [-0.1, -0.05) is 78.9 Å². The predicted molar refractivity (Wildman–Crippen MR) is 102 cm³/mol. The first kappa shape index (κ1) is 16.8. The Labute approximate surface area is 147 Å². The highest BCUT2D eigenvalue weighted by molar-refractivity contribution is 6.16. The standard InChI is InChI=1S/C23H20O2/c1-3-19(17-10-5-4-6-11-17)22(16(2)24)23(25)21-15-9-13-18-12-7-8-14-20(18)21/h3-15,19,22H,1H2,2H3/t19-,22-/m1/s1. The number of carbonyl (C=O) groups excluding carboxylic acids is 2. The Balaban J connectivity index is 2.10. The molecular formula is C23H20O2. The van der Waals surface area contributed by atoms with Crippen LogP contribution in [-0.2, 0) is 4.79 Å². The van der Waals surface area contributed by atoms with E-state index in [-0.39, 0.29) is 17.5 Å². The van der Waals surface area contributed by atoms with Crippen LogP contribution in [0.3, 0.4) is 0 Å². The first-order chi connectivity index (χ1) is 12.1. The predicted octanol–water partition coefficient (Wildman–Crippen LogP) is 5.20. The second-order valence-corrected chi connectivity index (χ2v) is 6.15. The van der Waals surface area contributed by atoms with E-state index in [2.05, 4.69) is 6.58 Å². The molecule has 2 atom stereocenters. The molecule has 0 aliphatic rings. The first-order valence-electron chi connectivity index (χ1n) is 8.33. The number of benzene rings is 3. The van der Waals surface area contributed by atoms with Crippen molar-refractivity contribution in [1.29, 1.82) is 0 Å². The lowest BCUT2D eigenvalue weighted by molar-refractivity contribution is -0.119. The number of hydrogen-bond acceptors (Lipinski definition) is 2. The van der Waals surface area contributed by atoms with E-state index < -0.39 is 5.92 Å². The van der Waals surface area contributed by atoms with E-state index in [1.54, 1.807) is 12.1 Å². The summed E-state index contributed by atoms with van der Waals surface area (Å²) in [6, 6.07) is 23.0. The van der Waals surface area contributed by atoms with Gasteiger partial charge in [-0.2, -0.15) is 0 Å². The van der Waals surface area contributed by atoms with Gasteiger partial charge in [-0.15, -0.1) is 6.58 Å². The highest BCUT2D eigenvalue weighted by atomic mass is 16.1. The molecule has 0 aliphatic heterocycles. The van der Waals surface area contributed by atoms with Crippen LogP contribution < -0.4 is 0 Å². The molecule has 3 aromatic rings. The summed E-state index contributed by atoms with van der Waals surface area (Å²) in [6.45, 7) is 5.35. The van der Waals surface area contributed by atoms with E-state index >= 15 is 0 Å². The molecule has 0 bridgehead atoms. The van der Waals surface area contributed by atoms with Crippen LogP contribution in [0.5, 0.6) is 0 Å². The highest BCUT2D eigenvalue weighted by Gasteiger charge is 2.32. The zero-order valence-electron chi connectivity index (χ0n) is 14.2. The molecule has 25 heavy (non-hydrogen) atoms. The number of rotatable bonds is 6. The Morgan fingerprint density at radius 2 is 1.52 bits per heavy atom. The van der Waals surface area contributed by atoms with Crippen molar-refractivity contribution in [2.75, 3.05) is 0 Å². The van der Waals surface area contributed by atoms with E-state index in [4.69, 9.17) is 0 Å². The minimum atomic E-state index is -0.772. The molecule has 3 aromatic carbocycles. The SMILES string of the molecule is C=C[C@H](c1ccccc1)[C@@H](C(C)=O)C(=O)c1cccc2ccccc12. The Kier molecular flexibility index (Phi) is 4.90. The topological polar surface area (TPSA) is 34.1 Å². The summed E-state index contributed by atoms with van der Waals surface area (Å²) < 4.78 is 0. The molecule has 0 amide bonds. The summed E-state index contributed by atoms with van der Waals surface area (Å²) in [7, 11) is 0. The third-order valence-electron chi connectivity index (χ3n) is 4.57. The van der Waals surface area contributed by atoms with Gasteiger partial charge in [0.05, 0.1) is 5.92 Å². The van der Waals surface area contributed by atoms with Crippen molar-refractivity contribution in [3.8, 4) is 0 Å². The van der Waals surface area contributed by atoms with Crippen LogP contribution in [0.15, 0.2) is 85.5 Å². The number of hydrogen-bond donors (Lipinski definition) is 0. The lowest BCUT2D eigenvalue weighted by Gasteiger charge is -2.22. The van der Waals surface area contributed by atoms with Crippen LogP contribution in [0.1, 0.15) is 28.8 Å². The van der Waals surface area contributed by atoms with E-state index in [0.29, 0.717) is 5.56 Å². The molecule has 0 saturated heterocycles. The summed E-state index contributed by atoms with van der Waals surface area (Å²) >= 11 is 0. The van der Waals surface area contributed by atoms with Gasteiger partial charge >= 0.3 is 0 Å². The first-order valence-corrected chi connectivity index (χ1v) is 8.33. The van der Waals surface area contributed by atoms with Crippen molar-refractivity contribution in [1.82, 2.24) is 0 Å². The van der Waals surface area contributed by atoms with E-state index in [1.807, 2.05) is 66.7 Å². The lowest BCUT2D eigenvalue weighted by atomic mass is 9.78. The monoisotopic (exact) mass is 328 g/mol. The number of Topliss-reactive ketones (excluding diaryl/α,β-unsaturated/α-hetero) is 2. The van der Waals surface area contributed by atoms with Crippen LogP contribution >= 0.6 is 0 Å². The Bertz CT molecular complexity index is 920. The van der Waals surface area contributed by atoms with Gasteiger partial charge in [-0.3, -0.25) is 9.59 Å². The van der Waals surface area contributed by atoms with Crippen molar-refractivity contribution in [3.05, 3.63) is 96.6 Å². The summed E-state index contributed by atoms with van der Waals surface area (Å²) in [5.74, 6) is -1.42. The molecule has 124 valence electrons. The zero-order valence-corrected chi connectivity index (χ0v) is 14.2. The van der Waals surface area contributed by atoms with Gasteiger partial charge in [0.2, 0.25) is 0 Å². The second kappa shape index (κ2) is 7.27. The number of fused-ring (bicyclic) bond motifs is 1. The summed E-state index contributed by atoms with van der Waals surface area (Å²) in [5, 5.41) is 1.86. The number of ketones is 2. The zero-order chi connectivity index (χ0) is 17.8. The van der Waals surface area contributed by atoms with Gasteiger partial charge in [-0.05, 0) is 23.3 Å². The minimum Gasteiger partial charge on any atom is -0.299 e. The molecular weight excluding hydrogens is 308 g/mol. The smallest absolute Gasteiger partial charge is 0.174 e. The molecule has 3 rings (SSSR count). The molecule has 0 N–H and O–H groups in total. The van der Waals surface area contributed by atoms with Gasteiger partial charge in [0.15, 0.2) is 5.78 Å². The normalized spacial score (nSPS) is 13.2. The quantitative estimate of drug-likeness (QED) is 0.354. The van der Waals surface area contributed by atoms with Gasteiger partial charge < -0.3 is 0 Å². The van der Waals surface area contributed by atoms with E-state index in [1.165, 1.54) is 6.92 Å². The fraction of sp³-hybridized carbons (Fsp3) is 0.130. The average Bonchev–Trinajstić information content (AvgIpc) is 2.65. The Morgan fingerprint density at radius 1 is 0.880 bits per heavy atom. The fourth-order valence-corrected chi connectivity index (χ4v) is 3.35. The third kappa shape index (κ3) is 3.29. The van der Waals surface area contributed by atoms with Crippen LogP contribution in [-0.4, -0.2) is 11.6 Å². The molecule has 0 radical (unpaired) electrons. The summed E-state index contributed by atoms with van der Waals surface area (Å²) in [5.41, 5.74) is 1.51. The maximum absolute atomic E-state index is 13.3. The van der Waals surface area contributed by atoms with E-state index in [0.717, 1.165) is 16.3 Å². The van der Waals surface area contributed by atoms with Crippen molar-refractivity contribution < 1.29 is 9.59 Å². The third-order valence-corrected chi connectivity index (χ3v) is 4.57. The minimum absolute atomic E-state index is 0.147. The Hall–Kier alpha value is -3.00. The van der Waals surface area contributed by atoms with Crippen molar-refractivity contribution in [3.63, 3.8) is 0 Å². The molecule has 0 aromatic heterocycles. The highest BCUT2D eigenvalue weighted by Crippen LogP contribution is 2.31. The number of carbonyl (C=O) groups is 2. The van der Waals surface area contributed by atoms with Crippen LogP contribution in [0.4, 0.5) is 0 Å². The fourth-order valence-electron chi connectivity index (χ4n) is 3.35. The molecule has 0 aliphatic carbocycles. The van der Waals surface area contributed by atoms with Gasteiger partial charge in [-0.25, -0.2) is 0 Å². The largest absolute Gasteiger partial charge is 0.299 e. The van der Waals surface area contributed by atoms with Crippen molar-refractivity contribution in [2.24, 2.45) is 5.92 Å². The molecule has 2 heteroatoms. The molecule has 0 heterocycles. The van der Waals surface area contributed by atoms with Crippen LogP contribution in [0.2, 0.25) is 0 Å². The second-order valence-electron chi connectivity index (χ2n) is 6.15. The average molecular weight is 328 g/mol. The van der Waals surface area contributed by atoms with Crippen molar-refractivity contribution >= 4 is 22.3 Å². The molecule has 2 nitrogen and oxygen atoms in total. The molecule has 0 unspecified atom stereocenters. The maximum Gasteiger partial charge on any atom is 0.174 e. The Morgan fingerprint density at radius 3 is 2.20 bits per heavy atom. The molecule has 0 saturated carbocycles. The summed E-state index contributed by atoms with van der Waals surface area (Å²) in [4.78, 5) is 25.7. The molecule has 0 spiro atoms. The summed E-state index contributed by atoms with van der Waals surface area (Å²) in [6.07, 6.45) is 1.70. The van der Waals surface area contributed by atoms with Crippen molar-refractivity contribution in [2.45, 2.75) is 12.8 Å².